The Morgan fingerprint density at radius 2 is 1.50 bits per heavy atom. The van der Waals surface area contributed by atoms with Gasteiger partial charge in [0.05, 0.1) is 0 Å². The first-order chi connectivity index (χ1) is 9.81. The van der Waals surface area contributed by atoms with E-state index in [4.69, 9.17) is 0 Å². The number of hydrogen-bond acceptors (Lipinski definition) is 2. The van der Waals surface area contributed by atoms with E-state index in [9.17, 15) is 0 Å². The van der Waals surface area contributed by atoms with E-state index in [2.05, 4.69) is 17.1 Å². The van der Waals surface area contributed by atoms with Crippen molar-refractivity contribution in [2.45, 2.75) is 70.4 Å². The number of nitrogens with zero attached hydrogens (tertiary/aromatic N) is 1. The third-order valence-corrected chi connectivity index (χ3v) is 6.78. The van der Waals surface area contributed by atoms with Crippen LogP contribution in [0.2, 0.25) is 0 Å². The van der Waals surface area contributed by atoms with Gasteiger partial charge in [0.2, 0.25) is 0 Å². The van der Waals surface area contributed by atoms with Crippen molar-refractivity contribution in [3.8, 4) is 0 Å². The quantitative estimate of drug-likeness (QED) is 0.848. The van der Waals surface area contributed by atoms with E-state index in [1.807, 2.05) is 0 Å². The smallest absolute Gasteiger partial charge is 0.0127 e. The predicted octanol–water partition coefficient (Wildman–Crippen LogP) is 3.28. The summed E-state index contributed by atoms with van der Waals surface area (Å²) in [5.74, 6) is 4.31. The van der Waals surface area contributed by atoms with Crippen LogP contribution in [0.25, 0.3) is 0 Å². The zero-order valence-electron chi connectivity index (χ0n) is 13.2. The lowest BCUT2D eigenvalue weighted by Gasteiger charge is -2.55. The molecule has 5 aliphatic rings. The largest absolute Gasteiger partial charge is 0.311 e. The first-order valence-electron chi connectivity index (χ1n) is 9.30. The van der Waals surface area contributed by atoms with Crippen molar-refractivity contribution in [1.82, 2.24) is 10.2 Å². The lowest BCUT2D eigenvalue weighted by molar-refractivity contribution is -0.0205. The van der Waals surface area contributed by atoms with Crippen molar-refractivity contribution in [2.24, 2.45) is 23.7 Å². The normalized spacial score (nSPS) is 45.1. The third kappa shape index (κ3) is 2.54. The molecule has 0 aromatic rings. The highest BCUT2D eigenvalue weighted by molar-refractivity contribution is 5.02. The Kier molecular flexibility index (Phi) is 3.80. The van der Waals surface area contributed by atoms with Crippen molar-refractivity contribution in [3.05, 3.63) is 0 Å². The van der Waals surface area contributed by atoms with Crippen molar-refractivity contribution in [1.29, 1.82) is 0 Å². The Morgan fingerprint density at radius 1 is 0.900 bits per heavy atom. The molecule has 0 radical (unpaired) electrons. The van der Waals surface area contributed by atoms with Crippen LogP contribution in [0.5, 0.6) is 0 Å². The molecule has 20 heavy (non-hydrogen) atoms. The molecule has 2 heteroatoms. The van der Waals surface area contributed by atoms with Crippen molar-refractivity contribution >= 4 is 0 Å². The number of piperidine rings is 1. The third-order valence-electron chi connectivity index (χ3n) is 6.78. The SMILES string of the molecule is CCCN1CCC(NC2C3CC4CC(C3)CC2C4)CC1. The van der Waals surface area contributed by atoms with Crippen molar-refractivity contribution < 1.29 is 0 Å². The Hall–Kier alpha value is -0.0800. The van der Waals surface area contributed by atoms with Gasteiger partial charge in [0.15, 0.2) is 0 Å². The summed E-state index contributed by atoms with van der Waals surface area (Å²) in [5, 5.41) is 4.14. The van der Waals surface area contributed by atoms with Crippen molar-refractivity contribution in [2.75, 3.05) is 19.6 Å². The van der Waals surface area contributed by atoms with Gasteiger partial charge in [-0.3, -0.25) is 0 Å². The molecule has 1 N–H and O–H groups in total. The minimum Gasteiger partial charge on any atom is -0.311 e. The maximum Gasteiger partial charge on any atom is 0.0127 e. The molecule has 0 aromatic carbocycles. The predicted molar refractivity (Wildman–Crippen MR) is 83.7 cm³/mol. The summed E-state index contributed by atoms with van der Waals surface area (Å²) in [6, 6.07) is 1.72. The second kappa shape index (κ2) is 5.61. The highest BCUT2D eigenvalue weighted by Crippen LogP contribution is 2.53. The highest BCUT2D eigenvalue weighted by atomic mass is 15.1. The zero-order valence-corrected chi connectivity index (χ0v) is 13.2. The van der Waals surface area contributed by atoms with Gasteiger partial charge in [-0.05, 0) is 94.7 Å². The first-order valence-corrected chi connectivity index (χ1v) is 9.30. The van der Waals surface area contributed by atoms with Gasteiger partial charge in [-0.25, -0.2) is 0 Å². The fraction of sp³-hybridized carbons (Fsp3) is 1.00. The molecule has 0 atom stereocenters. The second-order valence-electron chi connectivity index (χ2n) is 8.24. The van der Waals surface area contributed by atoms with Crippen LogP contribution in [-0.2, 0) is 0 Å². The van der Waals surface area contributed by atoms with E-state index in [1.165, 1.54) is 38.9 Å². The molecule has 0 amide bonds. The summed E-state index contributed by atoms with van der Waals surface area (Å²) in [6.45, 7) is 6.28. The van der Waals surface area contributed by atoms with Gasteiger partial charge in [-0.2, -0.15) is 0 Å². The van der Waals surface area contributed by atoms with Gasteiger partial charge in [0.25, 0.3) is 0 Å². The van der Waals surface area contributed by atoms with Crippen LogP contribution in [0.3, 0.4) is 0 Å². The summed E-state index contributed by atoms with van der Waals surface area (Å²) in [5.41, 5.74) is 0. The molecule has 4 aliphatic carbocycles. The molecule has 4 bridgehead atoms. The Bertz CT molecular complexity index is 304. The minimum absolute atomic E-state index is 0.825. The van der Waals surface area contributed by atoms with E-state index in [0.29, 0.717) is 0 Å². The van der Waals surface area contributed by atoms with Crippen LogP contribution in [0.15, 0.2) is 0 Å². The Labute approximate surface area is 124 Å². The van der Waals surface area contributed by atoms with E-state index in [0.717, 1.165) is 35.8 Å². The van der Waals surface area contributed by atoms with Crippen LogP contribution < -0.4 is 5.32 Å². The Balaban J connectivity index is 1.32. The van der Waals surface area contributed by atoms with Crippen LogP contribution in [0.4, 0.5) is 0 Å². The molecule has 4 saturated carbocycles. The molecule has 0 unspecified atom stereocenters. The molecule has 1 saturated heterocycles. The number of rotatable bonds is 4. The van der Waals surface area contributed by atoms with Gasteiger partial charge >= 0.3 is 0 Å². The summed E-state index contributed by atoms with van der Waals surface area (Å²) in [7, 11) is 0. The van der Waals surface area contributed by atoms with Crippen molar-refractivity contribution in [3.63, 3.8) is 0 Å². The topological polar surface area (TPSA) is 15.3 Å². The summed E-state index contributed by atoms with van der Waals surface area (Å²) in [4.78, 5) is 2.66. The van der Waals surface area contributed by atoms with E-state index < -0.39 is 0 Å². The first kappa shape index (κ1) is 13.6. The van der Waals surface area contributed by atoms with Gasteiger partial charge in [0, 0.05) is 12.1 Å². The molecular formula is C18H32N2. The van der Waals surface area contributed by atoms with Crippen LogP contribution in [0, 0.1) is 23.7 Å². The standard InChI is InChI=1S/C18H32N2/c1-2-5-20-6-3-17(4-7-20)19-18-15-9-13-8-14(11-15)12-16(18)10-13/h13-19H,2-12H2,1H3. The van der Waals surface area contributed by atoms with Crippen LogP contribution in [-0.4, -0.2) is 36.6 Å². The minimum atomic E-state index is 0.825. The Morgan fingerprint density at radius 3 is 2.05 bits per heavy atom. The molecule has 114 valence electrons. The average Bonchev–Trinajstić information content (AvgIpc) is 2.44. The maximum absolute atomic E-state index is 4.14. The molecule has 0 aromatic heterocycles. The monoisotopic (exact) mass is 276 g/mol. The van der Waals surface area contributed by atoms with Gasteiger partial charge in [-0.15, -0.1) is 0 Å². The van der Waals surface area contributed by atoms with E-state index in [-0.39, 0.29) is 0 Å². The van der Waals surface area contributed by atoms with E-state index >= 15 is 0 Å². The van der Waals surface area contributed by atoms with Gasteiger partial charge < -0.3 is 10.2 Å². The lowest BCUT2D eigenvalue weighted by Crippen LogP contribution is -2.58. The highest BCUT2D eigenvalue weighted by Gasteiger charge is 2.48. The molecule has 5 rings (SSSR count). The van der Waals surface area contributed by atoms with Crippen LogP contribution >= 0.6 is 0 Å². The fourth-order valence-electron chi connectivity index (χ4n) is 6.11. The lowest BCUT2D eigenvalue weighted by atomic mass is 9.54. The molecular weight excluding hydrogens is 244 g/mol. The van der Waals surface area contributed by atoms with Gasteiger partial charge in [-0.1, -0.05) is 6.92 Å². The molecule has 2 nitrogen and oxygen atoms in total. The number of likely N-dealkylation sites (tertiary alicyclic amines) is 1. The second-order valence-corrected chi connectivity index (χ2v) is 8.24. The summed E-state index contributed by atoms with van der Waals surface area (Å²) >= 11 is 0. The number of nitrogens with one attached hydrogen (secondary N) is 1. The molecule has 1 heterocycles. The zero-order chi connectivity index (χ0) is 13.5. The maximum atomic E-state index is 4.14. The summed E-state index contributed by atoms with van der Waals surface area (Å²) < 4.78 is 0. The fourth-order valence-corrected chi connectivity index (χ4v) is 6.11. The molecule has 1 aliphatic heterocycles. The number of hydrogen-bond donors (Lipinski definition) is 1. The van der Waals surface area contributed by atoms with E-state index in [1.54, 1.807) is 32.1 Å². The van der Waals surface area contributed by atoms with Gasteiger partial charge in [0.1, 0.15) is 0 Å². The van der Waals surface area contributed by atoms with Crippen LogP contribution in [0.1, 0.15) is 58.3 Å². The molecule has 5 fully saturated rings. The average molecular weight is 276 g/mol. The molecule has 0 spiro atoms. The summed E-state index contributed by atoms with van der Waals surface area (Å²) in [6.07, 6.45) is 11.9.